The van der Waals surface area contributed by atoms with E-state index in [4.69, 9.17) is 21.3 Å². The van der Waals surface area contributed by atoms with Crippen LogP contribution in [0.25, 0.3) is 31.9 Å². The highest BCUT2D eigenvalue weighted by Crippen LogP contribution is 2.44. The number of pyridine rings is 1. The lowest BCUT2D eigenvalue weighted by atomic mass is 9.91. The van der Waals surface area contributed by atoms with Crippen LogP contribution in [0, 0.1) is 6.92 Å². The molecule has 0 saturated carbocycles. The SMILES string of the molecule is Cc1cc2nc(-c3ccnc(N4CCN5C(=NNC5C(F)(F)F)C4)c3)sc2c(-c2ccc(Cl)cc2)c1C(OC(C)(C)C)C(=O)O. The van der Waals surface area contributed by atoms with Crippen LogP contribution < -0.4 is 10.3 Å². The lowest BCUT2D eigenvalue weighted by Crippen LogP contribution is -2.57. The molecular weight excluding hydrogens is 629 g/mol. The van der Waals surface area contributed by atoms with Gasteiger partial charge in [0.05, 0.1) is 22.4 Å². The summed E-state index contributed by atoms with van der Waals surface area (Å²) in [7, 11) is 0. The van der Waals surface area contributed by atoms with Crippen molar-refractivity contribution < 1.29 is 27.8 Å². The second-order valence-corrected chi connectivity index (χ2v) is 13.4. The predicted octanol–water partition coefficient (Wildman–Crippen LogP) is 6.86. The zero-order valence-electron chi connectivity index (χ0n) is 24.8. The van der Waals surface area contributed by atoms with Gasteiger partial charge in [-0.05, 0) is 69.2 Å². The second kappa shape index (κ2) is 11.5. The summed E-state index contributed by atoms with van der Waals surface area (Å²) in [6, 6.07) is 12.8. The fourth-order valence-electron chi connectivity index (χ4n) is 5.61. The Kier molecular flexibility index (Phi) is 7.90. The Hall–Kier alpha value is -3.94. The number of thiazole rings is 1. The van der Waals surface area contributed by atoms with E-state index in [-0.39, 0.29) is 13.1 Å². The summed E-state index contributed by atoms with van der Waals surface area (Å²) in [6.07, 6.45) is -5.86. The monoisotopic (exact) mass is 658 g/mol. The number of halogens is 4. The number of rotatable bonds is 6. The summed E-state index contributed by atoms with van der Waals surface area (Å²) in [5, 5.41) is 15.5. The number of fused-ring (bicyclic) bond motifs is 2. The number of alkyl halides is 3. The number of hydrogen-bond donors (Lipinski definition) is 2. The number of nitrogens with zero attached hydrogens (tertiary/aromatic N) is 5. The summed E-state index contributed by atoms with van der Waals surface area (Å²) in [5.41, 5.74) is 5.68. The molecule has 14 heteroatoms. The Balaban J connectivity index is 1.41. The number of amidine groups is 1. The van der Waals surface area contributed by atoms with Crippen molar-refractivity contribution in [2.45, 2.75) is 51.7 Å². The largest absolute Gasteiger partial charge is 0.479 e. The molecule has 45 heavy (non-hydrogen) atoms. The normalized spacial score (nSPS) is 17.7. The van der Waals surface area contributed by atoms with Crippen LogP contribution in [-0.2, 0) is 9.53 Å². The summed E-state index contributed by atoms with van der Waals surface area (Å²) < 4.78 is 47.0. The third-order valence-electron chi connectivity index (χ3n) is 7.55. The van der Waals surface area contributed by atoms with Crippen molar-refractivity contribution in [3.63, 3.8) is 0 Å². The van der Waals surface area contributed by atoms with E-state index in [1.54, 1.807) is 18.3 Å². The molecule has 2 aromatic carbocycles. The van der Waals surface area contributed by atoms with Crippen LogP contribution in [0.4, 0.5) is 19.0 Å². The Morgan fingerprint density at radius 3 is 2.53 bits per heavy atom. The molecule has 6 rings (SSSR count). The number of anilines is 1. The number of carbonyl (C=O) groups is 1. The highest BCUT2D eigenvalue weighted by atomic mass is 35.5. The fraction of sp³-hybridized carbons (Fsp3) is 0.355. The first-order valence-corrected chi connectivity index (χ1v) is 15.4. The third kappa shape index (κ3) is 6.16. The van der Waals surface area contributed by atoms with Gasteiger partial charge >= 0.3 is 12.1 Å². The number of aliphatic carboxylic acids is 1. The number of carboxylic acids is 1. The van der Waals surface area contributed by atoms with Crippen LogP contribution >= 0.6 is 22.9 Å². The molecule has 2 aromatic heterocycles. The first kappa shape index (κ1) is 31.1. The Labute approximate surface area is 266 Å². The molecule has 0 radical (unpaired) electrons. The molecule has 2 aliphatic heterocycles. The number of aromatic nitrogens is 2. The lowest BCUT2D eigenvalue weighted by Gasteiger charge is -2.37. The van der Waals surface area contributed by atoms with Gasteiger partial charge in [-0.3, -0.25) is 5.43 Å². The highest BCUT2D eigenvalue weighted by Gasteiger charge is 2.49. The van der Waals surface area contributed by atoms with Crippen LogP contribution in [0.3, 0.4) is 0 Å². The molecular formula is C31H30ClF3N6O3S. The molecule has 1 fully saturated rings. The van der Waals surface area contributed by atoms with Gasteiger partial charge in [-0.2, -0.15) is 18.3 Å². The molecule has 2 aliphatic rings. The van der Waals surface area contributed by atoms with E-state index in [1.807, 2.05) is 62.9 Å². The van der Waals surface area contributed by atoms with Gasteiger partial charge in [0.2, 0.25) is 6.17 Å². The average Bonchev–Trinajstić information content (AvgIpc) is 3.59. The summed E-state index contributed by atoms with van der Waals surface area (Å²) in [5.74, 6) is -0.212. The maximum absolute atomic E-state index is 13.4. The molecule has 9 nitrogen and oxygen atoms in total. The summed E-state index contributed by atoms with van der Waals surface area (Å²) in [6.45, 7) is 7.93. The maximum atomic E-state index is 13.4. The van der Waals surface area contributed by atoms with Gasteiger partial charge in [-0.1, -0.05) is 23.7 Å². The summed E-state index contributed by atoms with van der Waals surface area (Å²) >= 11 is 7.62. The number of hydrogen-bond acceptors (Lipinski definition) is 9. The minimum atomic E-state index is -4.44. The van der Waals surface area contributed by atoms with Gasteiger partial charge in [0, 0.05) is 41.0 Å². The Bertz CT molecular complexity index is 1810. The van der Waals surface area contributed by atoms with E-state index in [0.717, 1.165) is 21.4 Å². The number of carboxylic acid groups (broad SMARTS) is 1. The van der Waals surface area contributed by atoms with Crippen molar-refractivity contribution in [2.75, 3.05) is 24.5 Å². The van der Waals surface area contributed by atoms with Crippen LogP contribution in [0.15, 0.2) is 53.8 Å². The molecule has 2 atom stereocenters. The smallest absolute Gasteiger partial charge is 0.428 e. The molecule has 0 aliphatic carbocycles. The predicted molar refractivity (Wildman–Crippen MR) is 169 cm³/mol. The molecule has 2 unspecified atom stereocenters. The Morgan fingerprint density at radius 1 is 1.13 bits per heavy atom. The summed E-state index contributed by atoms with van der Waals surface area (Å²) in [4.78, 5) is 25.2. The van der Waals surface area contributed by atoms with Crippen molar-refractivity contribution in [3.05, 3.63) is 64.8 Å². The van der Waals surface area contributed by atoms with Crippen molar-refractivity contribution in [1.29, 1.82) is 0 Å². The number of benzene rings is 2. The topological polar surface area (TPSA) is 103 Å². The van der Waals surface area contributed by atoms with Crippen molar-refractivity contribution >= 4 is 50.8 Å². The van der Waals surface area contributed by atoms with Gasteiger partial charge < -0.3 is 19.6 Å². The number of nitrogens with one attached hydrogen (secondary N) is 1. The molecule has 2 N–H and O–H groups in total. The van der Waals surface area contributed by atoms with Gasteiger partial charge in [0.1, 0.15) is 16.7 Å². The zero-order chi connectivity index (χ0) is 32.3. The Morgan fingerprint density at radius 2 is 1.87 bits per heavy atom. The molecule has 236 valence electrons. The lowest BCUT2D eigenvalue weighted by molar-refractivity contribution is -0.178. The molecule has 0 amide bonds. The van der Waals surface area contributed by atoms with Crippen LogP contribution in [-0.4, -0.2) is 69.4 Å². The molecule has 4 heterocycles. The minimum Gasteiger partial charge on any atom is -0.479 e. The fourth-order valence-corrected chi connectivity index (χ4v) is 6.86. The quantitative estimate of drug-likeness (QED) is 0.232. The average molecular weight is 659 g/mol. The van der Waals surface area contributed by atoms with E-state index < -0.39 is 30.0 Å². The van der Waals surface area contributed by atoms with Crippen molar-refractivity contribution in [2.24, 2.45) is 5.10 Å². The third-order valence-corrected chi connectivity index (χ3v) is 8.94. The van der Waals surface area contributed by atoms with E-state index >= 15 is 0 Å². The van der Waals surface area contributed by atoms with Gasteiger partial charge in [0.15, 0.2) is 6.10 Å². The molecule has 4 aromatic rings. The van der Waals surface area contributed by atoms with E-state index in [0.29, 0.717) is 44.9 Å². The van der Waals surface area contributed by atoms with Gasteiger partial charge in [0.25, 0.3) is 0 Å². The first-order valence-electron chi connectivity index (χ1n) is 14.2. The highest BCUT2D eigenvalue weighted by molar-refractivity contribution is 7.22. The zero-order valence-corrected chi connectivity index (χ0v) is 26.4. The van der Waals surface area contributed by atoms with Gasteiger partial charge in [-0.25, -0.2) is 14.8 Å². The minimum absolute atomic E-state index is 0.136. The van der Waals surface area contributed by atoms with E-state index in [1.165, 1.54) is 16.2 Å². The van der Waals surface area contributed by atoms with E-state index in [2.05, 4.69) is 15.5 Å². The van der Waals surface area contributed by atoms with Crippen LogP contribution in [0.5, 0.6) is 0 Å². The number of aryl methyl sites for hydroxylation is 1. The van der Waals surface area contributed by atoms with E-state index in [9.17, 15) is 23.1 Å². The van der Waals surface area contributed by atoms with Crippen molar-refractivity contribution in [1.82, 2.24) is 20.3 Å². The number of ether oxygens (including phenoxy) is 1. The van der Waals surface area contributed by atoms with Gasteiger partial charge in [-0.15, -0.1) is 11.3 Å². The maximum Gasteiger partial charge on any atom is 0.428 e. The second-order valence-electron chi connectivity index (χ2n) is 11.9. The van der Waals surface area contributed by atoms with Crippen LogP contribution in [0.1, 0.15) is 38.0 Å². The van der Waals surface area contributed by atoms with Crippen LogP contribution in [0.2, 0.25) is 5.02 Å². The van der Waals surface area contributed by atoms with Crippen molar-refractivity contribution in [3.8, 4) is 21.7 Å². The molecule has 1 saturated heterocycles. The molecule has 0 bridgehead atoms. The number of hydrazone groups is 1. The first-order chi connectivity index (χ1) is 21.2. The standard InChI is InChI=1S/C31H30ClF3N6O3S/c1-16-13-20-26(24(17-5-7-19(32)8-6-17)23(16)25(28(42)43)44-30(2,3)4)45-27(37-20)18-9-10-36-21(14-18)40-11-12-41-22(15-40)38-39-29(41)31(33,34)35/h5-10,13-14,25,29,39H,11-12,15H2,1-4H3,(H,42,43). The number of piperazine rings is 1. The molecule has 0 spiro atoms.